The van der Waals surface area contributed by atoms with Crippen molar-refractivity contribution in [2.24, 2.45) is 0 Å². The van der Waals surface area contributed by atoms with Crippen molar-refractivity contribution in [1.29, 1.82) is 0 Å². The van der Waals surface area contributed by atoms with Crippen molar-refractivity contribution in [2.75, 3.05) is 6.61 Å². The summed E-state index contributed by atoms with van der Waals surface area (Å²) >= 11 is 0. The number of phenolic OH excluding ortho intramolecular Hbond substituents is 1. The largest absolute Gasteiger partial charge is 0.504 e. The first-order valence-electron chi connectivity index (χ1n) is 5.67. The number of carbonyl (C=O) groups is 1. The third kappa shape index (κ3) is 2.88. The molecule has 0 aliphatic carbocycles. The Morgan fingerprint density at radius 3 is 2.44 bits per heavy atom. The van der Waals surface area contributed by atoms with Gasteiger partial charge in [-0.2, -0.15) is 0 Å². The minimum Gasteiger partial charge on any atom is -0.504 e. The van der Waals surface area contributed by atoms with E-state index in [2.05, 4.69) is 0 Å². The van der Waals surface area contributed by atoms with Gasteiger partial charge in [0.25, 0.3) is 0 Å². The van der Waals surface area contributed by atoms with Crippen LogP contribution in [0.5, 0.6) is 11.5 Å². The number of ketones is 1. The maximum Gasteiger partial charge on any atom is 0.200 e. The number of rotatable bonds is 4. The lowest BCUT2D eigenvalue weighted by atomic mass is 10.1. The van der Waals surface area contributed by atoms with Crippen molar-refractivity contribution < 1.29 is 14.6 Å². The zero-order valence-electron chi connectivity index (χ0n) is 10.1. The molecule has 0 saturated carbocycles. The molecule has 2 aromatic carbocycles. The number of aromatic hydroxyl groups is 1. The summed E-state index contributed by atoms with van der Waals surface area (Å²) in [5.41, 5.74) is 1.71. The summed E-state index contributed by atoms with van der Waals surface area (Å²) in [6.07, 6.45) is 0. The van der Waals surface area contributed by atoms with Crippen LogP contribution in [0.2, 0.25) is 0 Å². The lowest BCUT2D eigenvalue weighted by Gasteiger charge is -2.07. The van der Waals surface area contributed by atoms with E-state index in [0.29, 0.717) is 11.3 Å². The highest BCUT2D eigenvalue weighted by Gasteiger charge is 2.08. The molecule has 1 N–H and O–H groups in total. The summed E-state index contributed by atoms with van der Waals surface area (Å²) in [6.45, 7) is 1.88. The molecule has 18 heavy (non-hydrogen) atoms. The molecule has 0 aromatic heterocycles. The fourth-order valence-corrected chi connectivity index (χ4v) is 1.55. The van der Waals surface area contributed by atoms with Gasteiger partial charge in [0, 0.05) is 5.56 Å². The maximum absolute atomic E-state index is 11.8. The first-order chi connectivity index (χ1) is 8.66. The van der Waals surface area contributed by atoms with Gasteiger partial charge < -0.3 is 9.84 Å². The van der Waals surface area contributed by atoms with Crippen LogP contribution >= 0.6 is 0 Å². The van der Waals surface area contributed by atoms with E-state index in [1.807, 2.05) is 19.1 Å². The summed E-state index contributed by atoms with van der Waals surface area (Å²) in [5.74, 6) is 0.241. The van der Waals surface area contributed by atoms with E-state index in [4.69, 9.17) is 4.74 Å². The average Bonchev–Trinajstić information content (AvgIpc) is 2.38. The van der Waals surface area contributed by atoms with Crippen LogP contribution in [0.1, 0.15) is 15.9 Å². The first-order valence-corrected chi connectivity index (χ1v) is 5.67. The van der Waals surface area contributed by atoms with Gasteiger partial charge in [-0.05, 0) is 19.1 Å². The Morgan fingerprint density at radius 1 is 1.11 bits per heavy atom. The van der Waals surface area contributed by atoms with E-state index in [1.165, 1.54) is 6.07 Å². The standard InChI is InChI=1S/C15H14O3/c1-11-6-8-12(9-7-11)14(17)10-18-15-5-3-2-4-13(15)16/h2-9,16H,10H2,1H3. The lowest BCUT2D eigenvalue weighted by molar-refractivity contribution is 0.0920. The highest BCUT2D eigenvalue weighted by atomic mass is 16.5. The normalized spacial score (nSPS) is 10.1. The van der Waals surface area contributed by atoms with E-state index >= 15 is 0 Å². The predicted molar refractivity (Wildman–Crippen MR) is 69.1 cm³/mol. The summed E-state index contributed by atoms with van der Waals surface area (Å²) in [5, 5.41) is 9.49. The van der Waals surface area contributed by atoms with Gasteiger partial charge in [0.05, 0.1) is 0 Å². The van der Waals surface area contributed by atoms with E-state index in [-0.39, 0.29) is 18.1 Å². The highest BCUT2D eigenvalue weighted by Crippen LogP contribution is 2.24. The van der Waals surface area contributed by atoms with Crippen molar-refractivity contribution in [2.45, 2.75) is 6.92 Å². The van der Waals surface area contributed by atoms with Gasteiger partial charge >= 0.3 is 0 Å². The summed E-state index contributed by atoms with van der Waals surface area (Å²) in [4.78, 5) is 11.8. The molecule has 2 rings (SSSR count). The molecule has 3 nitrogen and oxygen atoms in total. The van der Waals surface area contributed by atoms with Crippen molar-refractivity contribution in [3.8, 4) is 11.5 Å². The quantitative estimate of drug-likeness (QED) is 0.838. The SMILES string of the molecule is Cc1ccc(C(=O)COc2ccccc2O)cc1. The highest BCUT2D eigenvalue weighted by molar-refractivity contribution is 5.97. The Morgan fingerprint density at radius 2 is 1.78 bits per heavy atom. The van der Waals surface area contributed by atoms with Crippen molar-refractivity contribution in [3.05, 3.63) is 59.7 Å². The van der Waals surface area contributed by atoms with Crippen LogP contribution < -0.4 is 4.74 Å². The number of hydrogen-bond acceptors (Lipinski definition) is 3. The molecule has 0 saturated heterocycles. The van der Waals surface area contributed by atoms with Crippen molar-refractivity contribution in [1.82, 2.24) is 0 Å². The van der Waals surface area contributed by atoms with Crippen molar-refractivity contribution >= 4 is 5.78 Å². The minimum atomic E-state index is -0.113. The van der Waals surface area contributed by atoms with E-state index in [9.17, 15) is 9.90 Å². The minimum absolute atomic E-state index is 0.0363. The summed E-state index contributed by atoms with van der Waals surface area (Å²) in [7, 11) is 0. The van der Waals surface area contributed by atoms with Crippen LogP contribution in [-0.4, -0.2) is 17.5 Å². The van der Waals surface area contributed by atoms with Gasteiger partial charge in [-0.1, -0.05) is 42.0 Å². The molecule has 0 heterocycles. The molecule has 2 aromatic rings. The lowest BCUT2D eigenvalue weighted by Crippen LogP contribution is -2.11. The number of Topliss-reactive ketones (excluding diaryl/α,β-unsaturated/α-hetero) is 1. The third-order valence-electron chi connectivity index (χ3n) is 2.60. The second-order valence-electron chi connectivity index (χ2n) is 4.05. The molecule has 0 atom stereocenters. The van der Waals surface area contributed by atoms with Gasteiger partial charge in [-0.3, -0.25) is 4.79 Å². The topological polar surface area (TPSA) is 46.5 Å². The molecule has 0 unspecified atom stereocenters. The van der Waals surface area contributed by atoms with Crippen LogP contribution in [0.15, 0.2) is 48.5 Å². The summed E-state index contributed by atoms with van der Waals surface area (Å²) in [6, 6.07) is 13.9. The van der Waals surface area contributed by atoms with E-state index < -0.39 is 0 Å². The second-order valence-corrected chi connectivity index (χ2v) is 4.05. The Bertz CT molecular complexity index is 544. The number of carbonyl (C=O) groups excluding carboxylic acids is 1. The van der Waals surface area contributed by atoms with Gasteiger partial charge in [-0.15, -0.1) is 0 Å². The zero-order valence-corrected chi connectivity index (χ0v) is 10.1. The number of ether oxygens (including phenoxy) is 1. The zero-order chi connectivity index (χ0) is 13.0. The molecular weight excluding hydrogens is 228 g/mol. The van der Waals surface area contributed by atoms with Crippen LogP contribution in [0.25, 0.3) is 0 Å². The Balaban J connectivity index is 2.01. The number of hydrogen-bond donors (Lipinski definition) is 1. The molecule has 0 aliphatic heterocycles. The third-order valence-corrected chi connectivity index (χ3v) is 2.60. The molecule has 3 heteroatoms. The average molecular weight is 242 g/mol. The number of aryl methyl sites for hydroxylation is 1. The van der Waals surface area contributed by atoms with E-state index in [1.54, 1.807) is 30.3 Å². The molecular formula is C15H14O3. The van der Waals surface area contributed by atoms with Crippen LogP contribution in [-0.2, 0) is 0 Å². The predicted octanol–water partition coefficient (Wildman–Crippen LogP) is 2.96. The molecule has 0 radical (unpaired) electrons. The summed E-state index contributed by atoms with van der Waals surface area (Å²) < 4.78 is 5.28. The Hall–Kier alpha value is -2.29. The first kappa shape index (κ1) is 12.2. The molecule has 0 fully saturated rings. The number of para-hydroxylation sites is 2. The molecule has 0 amide bonds. The molecule has 0 bridgehead atoms. The molecule has 0 aliphatic rings. The Labute approximate surface area is 106 Å². The smallest absolute Gasteiger partial charge is 0.200 e. The van der Waals surface area contributed by atoms with Gasteiger partial charge in [-0.25, -0.2) is 0 Å². The van der Waals surface area contributed by atoms with Crippen LogP contribution in [0.4, 0.5) is 0 Å². The van der Waals surface area contributed by atoms with Crippen LogP contribution in [0, 0.1) is 6.92 Å². The van der Waals surface area contributed by atoms with Crippen molar-refractivity contribution in [3.63, 3.8) is 0 Å². The molecule has 0 spiro atoms. The second kappa shape index (κ2) is 5.36. The monoisotopic (exact) mass is 242 g/mol. The van der Waals surface area contributed by atoms with Crippen LogP contribution in [0.3, 0.4) is 0 Å². The van der Waals surface area contributed by atoms with Gasteiger partial charge in [0.2, 0.25) is 0 Å². The number of benzene rings is 2. The molecule has 92 valence electrons. The fraction of sp³-hybridized carbons (Fsp3) is 0.133. The number of phenols is 1. The fourth-order valence-electron chi connectivity index (χ4n) is 1.55. The van der Waals surface area contributed by atoms with E-state index in [0.717, 1.165) is 5.56 Å². The van der Waals surface area contributed by atoms with Gasteiger partial charge in [0.15, 0.2) is 23.9 Å². The maximum atomic E-state index is 11.8. The van der Waals surface area contributed by atoms with Gasteiger partial charge in [0.1, 0.15) is 0 Å². The Kier molecular flexibility index (Phi) is 3.63.